The van der Waals surface area contributed by atoms with E-state index in [0.29, 0.717) is 11.1 Å². The van der Waals surface area contributed by atoms with Gasteiger partial charge in [-0.3, -0.25) is 4.79 Å². The molecule has 0 spiro atoms. The van der Waals surface area contributed by atoms with Crippen molar-refractivity contribution in [3.63, 3.8) is 0 Å². The number of aryl methyl sites for hydroxylation is 1. The van der Waals surface area contributed by atoms with E-state index >= 15 is 0 Å². The predicted molar refractivity (Wildman–Crippen MR) is 115 cm³/mol. The number of hydrogen-bond acceptors (Lipinski definition) is 4. The summed E-state index contributed by atoms with van der Waals surface area (Å²) in [5.74, 6) is -0.245. The molecule has 2 N–H and O–H groups in total. The zero-order valence-corrected chi connectivity index (χ0v) is 15.8. The van der Waals surface area contributed by atoms with Crippen LogP contribution in [0.5, 0.6) is 5.75 Å². The Morgan fingerprint density at radius 2 is 1.79 bits per heavy atom. The minimum atomic E-state index is -0.343. The number of pyridine rings is 1. The number of para-hydroxylation sites is 2. The summed E-state index contributed by atoms with van der Waals surface area (Å²) in [6.45, 7) is 2.02. The SMILES string of the molecule is Cc1cccc(-c2cc(C(=O)N/N=C\c3ccccc3O)c3ccccc3n2)c1. The summed E-state index contributed by atoms with van der Waals surface area (Å²) < 4.78 is 0. The standard InChI is InChI=1S/C24H19N3O2/c1-16-7-6-9-17(13-16)22-14-20(19-10-3-4-11-21(19)26-22)24(29)27-25-15-18-8-2-5-12-23(18)28/h2-15,28H,1H3,(H,27,29)/b25-15-. The van der Waals surface area contributed by atoms with Crippen LogP contribution in [0.15, 0.2) is 84.0 Å². The second-order valence-corrected chi connectivity index (χ2v) is 6.70. The summed E-state index contributed by atoms with van der Waals surface area (Å²) >= 11 is 0. The number of benzene rings is 3. The molecule has 0 unspecified atom stereocenters. The van der Waals surface area contributed by atoms with Crippen molar-refractivity contribution in [2.45, 2.75) is 6.92 Å². The highest BCUT2D eigenvalue weighted by Gasteiger charge is 2.13. The van der Waals surface area contributed by atoms with Gasteiger partial charge in [-0.25, -0.2) is 10.4 Å². The lowest BCUT2D eigenvalue weighted by Gasteiger charge is -2.09. The summed E-state index contributed by atoms with van der Waals surface area (Å²) in [5.41, 5.74) is 7.09. The molecule has 0 aliphatic carbocycles. The minimum Gasteiger partial charge on any atom is -0.507 e. The van der Waals surface area contributed by atoms with Crippen LogP contribution in [0.1, 0.15) is 21.5 Å². The molecule has 0 aliphatic heterocycles. The molecule has 0 saturated carbocycles. The van der Waals surface area contributed by atoms with E-state index in [4.69, 9.17) is 4.98 Å². The molecule has 5 nitrogen and oxygen atoms in total. The number of nitrogens with one attached hydrogen (secondary N) is 1. The average molecular weight is 381 g/mol. The number of phenols is 1. The van der Waals surface area contributed by atoms with Crippen LogP contribution >= 0.6 is 0 Å². The number of hydrogen-bond donors (Lipinski definition) is 2. The third kappa shape index (κ3) is 3.99. The minimum absolute atomic E-state index is 0.0987. The first-order valence-electron chi connectivity index (χ1n) is 9.20. The number of aromatic hydroxyl groups is 1. The third-order valence-electron chi connectivity index (χ3n) is 4.58. The summed E-state index contributed by atoms with van der Waals surface area (Å²) in [4.78, 5) is 17.6. The summed E-state index contributed by atoms with van der Waals surface area (Å²) in [6.07, 6.45) is 1.41. The Kier molecular flexibility index (Phi) is 5.03. The van der Waals surface area contributed by atoms with E-state index in [1.807, 2.05) is 55.5 Å². The largest absolute Gasteiger partial charge is 0.507 e. The molecule has 5 heteroatoms. The van der Waals surface area contributed by atoms with Crippen molar-refractivity contribution in [2.24, 2.45) is 5.10 Å². The number of aromatic nitrogens is 1. The molecular formula is C24H19N3O2. The van der Waals surface area contributed by atoms with Crippen LogP contribution in [0.3, 0.4) is 0 Å². The van der Waals surface area contributed by atoms with Crippen molar-refractivity contribution < 1.29 is 9.90 Å². The van der Waals surface area contributed by atoms with Gasteiger partial charge in [0, 0.05) is 16.5 Å². The van der Waals surface area contributed by atoms with Gasteiger partial charge in [0.25, 0.3) is 5.91 Å². The van der Waals surface area contributed by atoms with E-state index in [-0.39, 0.29) is 11.7 Å². The van der Waals surface area contributed by atoms with Crippen LogP contribution in [-0.2, 0) is 0 Å². The molecular weight excluding hydrogens is 362 g/mol. The van der Waals surface area contributed by atoms with Crippen LogP contribution in [0.2, 0.25) is 0 Å². The molecule has 1 amide bonds. The topological polar surface area (TPSA) is 74.6 Å². The molecule has 0 aliphatic rings. The zero-order valence-electron chi connectivity index (χ0n) is 15.8. The number of carbonyl (C=O) groups excluding carboxylic acids is 1. The molecule has 0 saturated heterocycles. The monoisotopic (exact) mass is 381 g/mol. The number of hydrazone groups is 1. The van der Waals surface area contributed by atoms with Crippen molar-refractivity contribution in [1.82, 2.24) is 10.4 Å². The Bertz CT molecular complexity index is 1230. The third-order valence-corrected chi connectivity index (χ3v) is 4.58. The molecule has 4 rings (SSSR count). The van der Waals surface area contributed by atoms with Gasteiger partial charge >= 0.3 is 0 Å². The van der Waals surface area contributed by atoms with Crippen LogP contribution in [0, 0.1) is 6.92 Å². The van der Waals surface area contributed by atoms with E-state index in [9.17, 15) is 9.90 Å². The Hall–Kier alpha value is -3.99. The first-order valence-corrected chi connectivity index (χ1v) is 9.20. The van der Waals surface area contributed by atoms with E-state index in [1.54, 1.807) is 30.3 Å². The van der Waals surface area contributed by atoms with Gasteiger partial charge in [-0.2, -0.15) is 5.10 Å². The highest BCUT2D eigenvalue weighted by Crippen LogP contribution is 2.25. The highest BCUT2D eigenvalue weighted by molar-refractivity contribution is 6.07. The van der Waals surface area contributed by atoms with Crippen LogP contribution in [-0.4, -0.2) is 22.2 Å². The molecule has 0 bridgehead atoms. The Morgan fingerprint density at radius 1 is 1.00 bits per heavy atom. The lowest BCUT2D eigenvalue weighted by atomic mass is 10.0. The van der Waals surface area contributed by atoms with Crippen LogP contribution in [0.25, 0.3) is 22.2 Å². The zero-order chi connectivity index (χ0) is 20.2. The fraction of sp³-hybridized carbons (Fsp3) is 0.0417. The van der Waals surface area contributed by atoms with Gasteiger partial charge in [-0.1, -0.05) is 54.1 Å². The molecule has 0 fully saturated rings. The van der Waals surface area contributed by atoms with Gasteiger partial charge in [0.15, 0.2) is 0 Å². The number of carbonyl (C=O) groups is 1. The molecule has 142 valence electrons. The highest BCUT2D eigenvalue weighted by atomic mass is 16.3. The van der Waals surface area contributed by atoms with E-state index in [0.717, 1.165) is 27.7 Å². The normalized spacial score (nSPS) is 11.1. The van der Waals surface area contributed by atoms with Gasteiger partial charge in [-0.05, 0) is 37.3 Å². The first kappa shape index (κ1) is 18.4. The van der Waals surface area contributed by atoms with E-state index in [2.05, 4.69) is 10.5 Å². The molecule has 29 heavy (non-hydrogen) atoms. The number of fused-ring (bicyclic) bond motifs is 1. The van der Waals surface area contributed by atoms with Crippen molar-refractivity contribution in [3.8, 4) is 17.0 Å². The lowest BCUT2D eigenvalue weighted by molar-refractivity contribution is 0.0956. The van der Waals surface area contributed by atoms with E-state index < -0.39 is 0 Å². The van der Waals surface area contributed by atoms with Crippen LogP contribution < -0.4 is 5.43 Å². The smallest absolute Gasteiger partial charge is 0.272 e. The Morgan fingerprint density at radius 3 is 2.62 bits per heavy atom. The fourth-order valence-electron chi connectivity index (χ4n) is 3.13. The number of phenolic OH excluding ortho intramolecular Hbond substituents is 1. The van der Waals surface area contributed by atoms with Crippen LogP contribution in [0.4, 0.5) is 0 Å². The van der Waals surface area contributed by atoms with Crippen molar-refractivity contribution in [3.05, 3.63) is 95.6 Å². The quantitative estimate of drug-likeness (QED) is 0.398. The Labute approximate surface area is 168 Å². The number of nitrogens with zero attached hydrogens (tertiary/aromatic N) is 2. The summed E-state index contributed by atoms with van der Waals surface area (Å²) in [5, 5.41) is 14.6. The maximum absolute atomic E-state index is 12.9. The molecule has 1 aromatic heterocycles. The van der Waals surface area contributed by atoms with E-state index in [1.165, 1.54) is 6.21 Å². The van der Waals surface area contributed by atoms with Crippen molar-refractivity contribution in [1.29, 1.82) is 0 Å². The van der Waals surface area contributed by atoms with Crippen molar-refractivity contribution in [2.75, 3.05) is 0 Å². The molecule has 0 atom stereocenters. The Balaban J connectivity index is 1.70. The maximum atomic E-state index is 12.9. The van der Waals surface area contributed by atoms with Gasteiger partial charge in [0.05, 0.1) is 23.0 Å². The number of rotatable bonds is 4. The average Bonchev–Trinajstić information content (AvgIpc) is 2.74. The fourth-order valence-corrected chi connectivity index (χ4v) is 3.13. The summed E-state index contributed by atoms with van der Waals surface area (Å²) in [7, 11) is 0. The van der Waals surface area contributed by atoms with Gasteiger partial charge in [-0.15, -0.1) is 0 Å². The van der Waals surface area contributed by atoms with Gasteiger partial charge < -0.3 is 5.11 Å². The molecule has 0 radical (unpaired) electrons. The van der Waals surface area contributed by atoms with Gasteiger partial charge in [0.1, 0.15) is 5.75 Å². The number of amides is 1. The molecule has 1 heterocycles. The summed E-state index contributed by atoms with van der Waals surface area (Å²) in [6, 6.07) is 24.1. The van der Waals surface area contributed by atoms with Crippen molar-refractivity contribution >= 4 is 23.0 Å². The maximum Gasteiger partial charge on any atom is 0.272 e. The van der Waals surface area contributed by atoms with Gasteiger partial charge in [0.2, 0.25) is 0 Å². The predicted octanol–water partition coefficient (Wildman–Crippen LogP) is 4.68. The second kappa shape index (κ2) is 7.94. The first-order chi connectivity index (χ1) is 14.1. The molecule has 4 aromatic rings. The second-order valence-electron chi connectivity index (χ2n) is 6.70. The molecule has 3 aromatic carbocycles. The lowest BCUT2D eigenvalue weighted by Crippen LogP contribution is -2.18.